The summed E-state index contributed by atoms with van der Waals surface area (Å²) in [7, 11) is 1.60. The average Bonchev–Trinajstić information content (AvgIpc) is 3.20. The fourth-order valence-electron chi connectivity index (χ4n) is 4.37. The van der Waals surface area contributed by atoms with Crippen LogP contribution in [0.3, 0.4) is 0 Å². The summed E-state index contributed by atoms with van der Waals surface area (Å²) in [5.74, 6) is 1.58. The lowest BCUT2D eigenvalue weighted by Crippen LogP contribution is -2.25. The van der Waals surface area contributed by atoms with Crippen molar-refractivity contribution in [3.8, 4) is 28.7 Å². The first-order valence-electron chi connectivity index (χ1n) is 11.1. The summed E-state index contributed by atoms with van der Waals surface area (Å²) in [6.07, 6.45) is 1.82. The number of aryl methyl sites for hydroxylation is 1. The monoisotopic (exact) mass is 490 g/mol. The molecule has 9 nitrogen and oxygen atoms in total. The van der Waals surface area contributed by atoms with Crippen molar-refractivity contribution in [2.75, 3.05) is 19.0 Å². The highest BCUT2D eigenvalue weighted by atomic mass is 35.5. The van der Waals surface area contributed by atoms with Crippen LogP contribution in [-0.2, 0) is 4.79 Å². The number of carbonyl (C=O) groups is 1. The molecule has 0 radical (unpaired) electrons. The molecule has 1 N–H and O–H groups in total. The number of halogens is 1. The van der Waals surface area contributed by atoms with Gasteiger partial charge < -0.3 is 14.8 Å². The standard InChI is InChI=1S/C25H23ClN6O3/c1-4-35-23-17(6-5-7-20(23)34-3)18-12-21(33)29-24-22(18)14(2)31-32(24)25-28-19(13-27-30-25)15-8-10-16(26)11-9-15/h5-11,13,18H,4,12H2,1-3H3,(H,29,33)/t18-/m1/s1. The summed E-state index contributed by atoms with van der Waals surface area (Å²) >= 11 is 6.02. The Hall–Kier alpha value is -3.98. The largest absolute Gasteiger partial charge is 0.493 e. The maximum absolute atomic E-state index is 12.9. The third-order valence-electron chi connectivity index (χ3n) is 5.87. The molecule has 35 heavy (non-hydrogen) atoms. The Kier molecular flexibility index (Phi) is 6.08. The molecular formula is C25H23ClN6O3. The molecule has 0 aliphatic carbocycles. The van der Waals surface area contributed by atoms with E-state index >= 15 is 0 Å². The number of carbonyl (C=O) groups excluding carboxylic acids is 1. The zero-order chi connectivity index (χ0) is 24.5. The fourth-order valence-corrected chi connectivity index (χ4v) is 4.49. The van der Waals surface area contributed by atoms with Gasteiger partial charge in [-0.15, -0.1) is 5.10 Å². The van der Waals surface area contributed by atoms with E-state index in [1.165, 1.54) is 4.68 Å². The van der Waals surface area contributed by atoms with Crippen LogP contribution < -0.4 is 14.8 Å². The summed E-state index contributed by atoms with van der Waals surface area (Å²) < 4.78 is 13.0. The normalized spacial score (nSPS) is 14.9. The van der Waals surface area contributed by atoms with Crippen molar-refractivity contribution in [1.29, 1.82) is 0 Å². The van der Waals surface area contributed by atoms with Crippen LogP contribution in [0.15, 0.2) is 48.7 Å². The first-order valence-corrected chi connectivity index (χ1v) is 11.5. The van der Waals surface area contributed by atoms with Gasteiger partial charge in [0.15, 0.2) is 11.5 Å². The van der Waals surface area contributed by atoms with Crippen molar-refractivity contribution < 1.29 is 14.3 Å². The average molecular weight is 491 g/mol. The number of fused-ring (bicyclic) bond motifs is 1. The van der Waals surface area contributed by atoms with Crippen LogP contribution in [0.4, 0.5) is 5.82 Å². The highest BCUT2D eigenvalue weighted by molar-refractivity contribution is 6.30. The van der Waals surface area contributed by atoms with E-state index in [0.29, 0.717) is 34.6 Å². The molecular weight excluding hydrogens is 468 g/mol. The second-order valence-corrected chi connectivity index (χ2v) is 8.46. The van der Waals surface area contributed by atoms with Crippen molar-refractivity contribution in [3.63, 3.8) is 0 Å². The van der Waals surface area contributed by atoms with Gasteiger partial charge >= 0.3 is 0 Å². The number of aromatic nitrogens is 5. The number of nitrogens with one attached hydrogen (secondary N) is 1. The lowest BCUT2D eigenvalue weighted by molar-refractivity contribution is -0.116. The van der Waals surface area contributed by atoms with Gasteiger partial charge in [-0.2, -0.15) is 14.9 Å². The molecule has 4 aromatic rings. The van der Waals surface area contributed by atoms with Crippen LogP contribution in [0.2, 0.25) is 5.02 Å². The lowest BCUT2D eigenvalue weighted by Gasteiger charge is -2.26. The van der Waals surface area contributed by atoms with Crippen LogP contribution in [0.5, 0.6) is 11.5 Å². The Morgan fingerprint density at radius 1 is 1.20 bits per heavy atom. The van der Waals surface area contributed by atoms with Crippen molar-refractivity contribution in [3.05, 3.63) is 70.5 Å². The number of hydrogen-bond donors (Lipinski definition) is 1. The van der Waals surface area contributed by atoms with Gasteiger partial charge in [0, 0.05) is 34.1 Å². The first-order chi connectivity index (χ1) is 17.0. The Labute approximate surface area is 207 Å². The number of methoxy groups -OCH3 is 1. The van der Waals surface area contributed by atoms with Gasteiger partial charge in [0.05, 0.1) is 31.3 Å². The zero-order valence-electron chi connectivity index (χ0n) is 19.4. The highest BCUT2D eigenvalue weighted by Gasteiger charge is 2.35. The first kappa shape index (κ1) is 22.8. The van der Waals surface area contributed by atoms with Crippen LogP contribution in [-0.4, -0.2) is 44.6 Å². The van der Waals surface area contributed by atoms with Crippen LogP contribution in [0.25, 0.3) is 17.2 Å². The number of anilines is 1. The SMILES string of the molecule is CCOc1c(OC)cccc1[C@H]1CC(=O)Nc2c1c(C)nn2-c1nncc(-c2ccc(Cl)cc2)n1. The maximum Gasteiger partial charge on any atom is 0.272 e. The number of benzene rings is 2. The highest BCUT2D eigenvalue weighted by Crippen LogP contribution is 2.45. The van der Waals surface area contributed by atoms with Gasteiger partial charge in [-0.25, -0.2) is 4.98 Å². The van der Waals surface area contributed by atoms with E-state index in [2.05, 4.69) is 25.6 Å². The minimum atomic E-state index is -0.281. The molecule has 0 saturated heterocycles. The molecule has 0 saturated carbocycles. The second-order valence-electron chi connectivity index (χ2n) is 8.02. The molecule has 0 spiro atoms. The Morgan fingerprint density at radius 2 is 2.00 bits per heavy atom. The predicted molar refractivity (Wildman–Crippen MR) is 131 cm³/mol. The summed E-state index contributed by atoms with van der Waals surface area (Å²) in [4.78, 5) is 17.5. The second kappa shape index (κ2) is 9.34. The van der Waals surface area contributed by atoms with Crippen molar-refractivity contribution >= 4 is 23.3 Å². The molecule has 3 heterocycles. The van der Waals surface area contributed by atoms with Gasteiger partial charge in [0.25, 0.3) is 5.95 Å². The third kappa shape index (κ3) is 4.19. The van der Waals surface area contributed by atoms with Gasteiger partial charge in [0.1, 0.15) is 5.82 Å². The summed E-state index contributed by atoms with van der Waals surface area (Å²) in [6.45, 7) is 4.28. The van der Waals surface area contributed by atoms with Gasteiger partial charge in [-0.05, 0) is 32.0 Å². The molecule has 1 aliphatic heterocycles. The van der Waals surface area contributed by atoms with E-state index < -0.39 is 0 Å². The minimum absolute atomic E-state index is 0.143. The van der Waals surface area contributed by atoms with Crippen LogP contribution in [0.1, 0.15) is 36.1 Å². The van der Waals surface area contributed by atoms with E-state index in [4.69, 9.17) is 21.1 Å². The van der Waals surface area contributed by atoms with Crippen molar-refractivity contribution in [2.24, 2.45) is 0 Å². The maximum atomic E-state index is 12.9. The topological polar surface area (TPSA) is 104 Å². The van der Waals surface area contributed by atoms with Crippen LogP contribution in [0, 0.1) is 6.92 Å². The van der Waals surface area contributed by atoms with E-state index in [1.54, 1.807) is 25.4 Å². The number of amides is 1. The molecule has 0 bridgehead atoms. The number of ether oxygens (including phenoxy) is 2. The Balaban J connectivity index is 1.63. The number of rotatable bonds is 6. The molecule has 2 aromatic heterocycles. The predicted octanol–water partition coefficient (Wildman–Crippen LogP) is 4.57. The van der Waals surface area contributed by atoms with Gasteiger partial charge in [-0.3, -0.25) is 4.79 Å². The zero-order valence-corrected chi connectivity index (χ0v) is 20.2. The molecule has 5 rings (SSSR count). The Morgan fingerprint density at radius 3 is 2.74 bits per heavy atom. The molecule has 0 fully saturated rings. The lowest BCUT2D eigenvalue weighted by atomic mass is 9.85. The van der Waals surface area contributed by atoms with E-state index in [0.717, 1.165) is 22.4 Å². The van der Waals surface area contributed by atoms with Crippen molar-refractivity contribution in [1.82, 2.24) is 25.0 Å². The molecule has 2 aromatic carbocycles. The Bertz CT molecular complexity index is 1400. The van der Waals surface area contributed by atoms with E-state index in [1.807, 2.05) is 44.2 Å². The van der Waals surface area contributed by atoms with E-state index in [-0.39, 0.29) is 24.2 Å². The molecule has 1 amide bonds. The summed E-state index contributed by atoms with van der Waals surface area (Å²) in [5, 5.41) is 16.6. The summed E-state index contributed by atoms with van der Waals surface area (Å²) in [6, 6.07) is 13.0. The van der Waals surface area contributed by atoms with Crippen LogP contribution >= 0.6 is 11.6 Å². The molecule has 1 atom stereocenters. The van der Waals surface area contributed by atoms with Gasteiger partial charge in [-0.1, -0.05) is 35.9 Å². The molecule has 0 unspecified atom stereocenters. The number of nitrogens with zero attached hydrogens (tertiary/aromatic N) is 5. The van der Waals surface area contributed by atoms with E-state index in [9.17, 15) is 4.79 Å². The van der Waals surface area contributed by atoms with Crippen molar-refractivity contribution in [2.45, 2.75) is 26.2 Å². The minimum Gasteiger partial charge on any atom is -0.493 e. The number of hydrogen-bond acceptors (Lipinski definition) is 7. The quantitative estimate of drug-likeness (QED) is 0.422. The fraction of sp³-hybridized carbons (Fsp3) is 0.240. The molecule has 10 heteroatoms. The number of para-hydroxylation sites is 1. The van der Waals surface area contributed by atoms with Gasteiger partial charge in [0.2, 0.25) is 5.91 Å². The molecule has 1 aliphatic rings. The summed E-state index contributed by atoms with van der Waals surface area (Å²) in [5.41, 5.74) is 3.93. The third-order valence-corrected chi connectivity index (χ3v) is 6.12. The smallest absolute Gasteiger partial charge is 0.272 e. The molecule has 178 valence electrons.